The molecule has 0 saturated carbocycles. The van der Waals surface area contributed by atoms with E-state index in [0.29, 0.717) is 11.8 Å². The number of hydrogen-bond acceptors (Lipinski definition) is 2. The first-order valence-electron chi connectivity index (χ1n) is 9.22. The van der Waals surface area contributed by atoms with Crippen LogP contribution in [-0.2, 0) is 6.42 Å². The number of phenolic OH excluding ortho intramolecular Hbond substituents is 1. The van der Waals surface area contributed by atoms with E-state index in [9.17, 15) is 5.11 Å². The summed E-state index contributed by atoms with van der Waals surface area (Å²) in [7, 11) is 0. The second-order valence-electron chi connectivity index (χ2n) is 6.86. The summed E-state index contributed by atoms with van der Waals surface area (Å²) in [6, 6.07) is 17.1. The molecule has 0 aliphatic rings. The zero-order valence-corrected chi connectivity index (χ0v) is 15.3. The highest BCUT2D eigenvalue weighted by Gasteiger charge is 2.18. The van der Waals surface area contributed by atoms with Gasteiger partial charge in [0.1, 0.15) is 5.75 Å². The minimum absolute atomic E-state index is 0.221. The molecule has 0 saturated heterocycles. The number of hydrogen-bond donors (Lipinski definition) is 2. The number of aromatic hydroxyl groups is 1. The van der Waals surface area contributed by atoms with E-state index in [-0.39, 0.29) is 5.92 Å². The molecule has 2 heteroatoms. The maximum absolute atomic E-state index is 10.5. The molecule has 0 aliphatic carbocycles. The summed E-state index contributed by atoms with van der Waals surface area (Å²) in [6.07, 6.45) is 4.44. The SMILES string of the molecule is CCCCc1ccc(O)c(C(CCNC(C)C)c2ccccc2)c1. The van der Waals surface area contributed by atoms with Crippen molar-refractivity contribution < 1.29 is 5.11 Å². The number of nitrogens with one attached hydrogen (secondary N) is 1. The molecule has 1 unspecified atom stereocenters. The average molecular weight is 325 g/mol. The predicted octanol–water partition coefficient (Wildman–Crippen LogP) is 5.25. The number of phenols is 1. The van der Waals surface area contributed by atoms with Crippen molar-refractivity contribution in [2.24, 2.45) is 0 Å². The maximum atomic E-state index is 10.5. The van der Waals surface area contributed by atoms with Crippen LogP contribution in [0.2, 0.25) is 0 Å². The Morgan fingerprint density at radius 2 is 1.79 bits per heavy atom. The summed E-state index contributed by atoms with van der Waals surface area (Å²) in [6.45, 7) is 7.49. The van der Waals surface area contributed by atoms with E-state index in [1.54, 1.807) is 0 Å². The molecule has 0 radical (unpaired) electrons. The lowest BCUT2D eigenvalue weighted by Crippen LogP contribution is -2.25. The topological polar surface area (TPSA) is 32.3 Å². The molecule has 0 aliphatic heterocycles. The van der Waals surface area contributed by atoms with Crippen LogP contribution in [0.25, 0.3) is 0 Å². The van der Waals surface area contributed by atoms with Gasteiger partial charge in [-0.1, -0.05) is 69.7 Å². The first-order chi connectivity index (χ1) is 11.6. The van der Waals surface area contributed by atoms with E-state index >= 15 is 0 Å². The van der Waals surface area contributed by atoms with Gasteiger partial charge in [-0.25, -0.2) is 0 Å². The fraction of sp³-hybridized carbons (Fsp3) is 0.455. The fourth-order valence-electron chi connectivity index (χ4n) is 3.12. The number of benzene rings is 2. The van der Waals surface area contributed by atoms with Crippen molar-refractivity contribution in [1.29, 1.82) is 0 Å². The Hall–Kier alpha value is -1.80. The Morgan fingerprint density at radius 3 is 2.46 bits per heavy atom. The molecule has 2 aromatic carbocycles. The van der Waals surface area contributed by atoms with Crippen LogP contribution in [0, 0.1) is 0 Å². The summed E-state index contributed by atoms with van der Waals surface area (Å²) < 4.78 is 0. The number of rotatable bonds is 9. The van der Waals surface area contributed by atoms with Crippen LogP contribution < -0.4 is 5.32 Å². The normalized spacial score (nSPS) is 12.5. The van der Waals surface area contributed by atoms with E-state index in [0.717, 1.165) is 24.9 Å². The molecule has 0 bridgehead atoms. The molecule has 2 nitrogen and oxygen atoms in total. The van der Waals surface area contributed by atoms with Crippen LogP contribution >= 0.6 is 0 Å². The van der Waals surface area contributed by atoms with Crippen LogP contribution in [0.3, 0.4) is 0 Å². The molecule has 2 aromatic rings. The average Bonchev–Trinajstić information content (AvgIpc) is 2.59. The second kappa shape index (κ2) is 9.48. The van der Waals surface area contributed by atoms with Crippen molar-refractivity contribution in [1.82, 2.24) is 5.32 Å². The van der Waals surface area contributed by atoms with Crippen molar-refractivity contribution in [2.75, 3.05) is 6.54 Å². The lowest BCUT2D eigenvalue weighted by molar-refractivity contribution is 0.459. The van der Waals surface area contributed by atoms with Gasteiger partial charge in [0.25, 0.3) is 0 Å². The van der Waals surface area contributed by atoms with Gasteiger partial charge in [0.2, 0.25) is 0 Å². The van der Waals surface area contributed by atoms with Crippen molar-refractivity contribution >= 4 is 0 Å². The van der Waals surface area contributed by atoms with Crippen LogP contribution in [-0.4, -0.2) is 17.7 Å². The first kappa shape index (κ1) is 18.5. The second-order valence-corrected chi connectivity index (χ2v) is 6.86. The Morgan fingerprint density at radius 1 is 1.04 bits per heavy atom. The molecule has 0 amide bonds. The van der Waals surface area contributed by atoms with E-state index in [1.807, 2.05) is 12.1 Å². The molecule has 0 aromatic heterocycles. The molecule has 0 heterocycles. The minimum atomic E-state index is 0.221. The van der Waals surface area contributed by atoms with E-state index in [4.69, 9.17) is 0 Å². The van der Waals surface area contributed by atoms with Gasteiger partial charge in [0.05, 0.1) is 0 Å². The Kier molecular flexibility index (Phi) is 7.33. The third-order valence-corrected chi connectivity index (χ3v) is 4.47. The van der Waals surface area contributed by atoms with Crippen LogP contribution in [0.4, 0.5) is 0 Å². The molecule has 0 spiro atoms. The predicted molar refractivity (Wildman–Crippen MR) is 103 cm³/mol. The Labute approximate surface area is 146 Å². The molecular weight excluding hydrogens is 294 g/mol. The third-order valence-electron chi connectivity index (χ3n) is 4.47. The third kappa shape index (κ3) is 5.38. The molecule has 130 valence electrons. The quantitative estimate of drug-likeness (QED) is 0.659. The van der Waals surface area contributed by atoms with Crippen molar-refractivity contribution in [2.45, 2.75) is 58.4 Å². The summed E-state index contributed by atoms with van der Waals surface area (Å²) in [5, 5.41) is 14.0. The Bertz CT molecular complexity index is 607. The van der Waals surface area contributed by atoms with E-state index in [1.165, 1.54) is 24.0 Å². The van der Waals surface area contributed by atoms with Gasteiger partial charge < -0.3 is 10.4 Å². The largest absolute Gasteiger partial charge is 0.508 e. The molecule has 2 rings (SSSR count). The molecule has 1 atom stereocenters. The number of unbranched alkanes of at least 4 members (excludes halogenated alkanes) is 1. The van der Waals surface area contributed by atoms with Gasteiger partial charge in [-0.3, -0.25) is 0 Å². The highest BCUT2D eigenvalue weighted by Crippen LogP contribution is 2.34. The number of aryl methyl sites for hydroxylation is 1. The lowest BCUT2D eigenvalue weighted by Gasteiger charge is -2.21. The van der Waals surface area contributed by atoms with Crippen LogP contribution in [0.15, 0.2) is 48.5 Å². The maximum Gasteiger partial charge on any atom is 0.119 e. The highest BCUT2D eigenvalue weighted by molar-refractivity contribution is 5.43. The van der Waals surface area contributed by atoms with Gasteiger partial charge in [-0.15, -0.1) is 0 Å². The summed E-state index contributed by atoms with van der Waals surface area (Å²) in [5.41, 5.74) is 3.65. The Balaban J connectivity index is 2.28. The van der Waals surface area contributed by atoms with Gasteiger partial charge >= 0.3 is 0 Å². The van der Waals surface area contributed by atoms with Crippen molar-refractivity contribution in [3.8, 4) is 5.75 Å². The van der Waals surface area contributed by atoms with Gasteiger partial charge in [-0.2, -0.15) is 0 Å². The summed E-state index contributed by atoms with van der Waals surface area (Å²) in [5.74, 6) is 0.632. The zero-order chi connectivity index (χ0) is 17.4. The monoisotopic (exact) mass is 325 g/mol. The summed E-state index contributed by atoms with van der Waals surface area (Å²) in [4.78, 5) is 0. The highest BCUT2D eigenvalue weighted by atomic mass is 16.3. The summed E-state index contributed by atoms with van der Waals surface area (Å²) >= 11 is 0. The van der Waals surface area contributed by atoms with Crippen LogP contribution in [0.1, 0.15) is 62.6 Å². The minimum Gasteiger partial charge on any atom is -0.508 e. The molecule has 0 fully saturated rings. The fourth-order valence-corrected chi connectivity index (χ4v) is 3.12. The molecule has 2 N–H and O–H groups in total. The first-order valence-corrected chi connectivity index (χ1v) is 9.22. The van der Waals surface area contributed by atoms with Gasteiger partial charge in [-0.05, 0) is 43.0 Å². The lowest BCUT2D eigenvalue weighted by atomic mass is 9.86. The van der Waals surface area contributed by atoms with Gasteiger partial charge in [0.15, 0.2) is 0 Å². The van der Waals surface area contributed by atoms with Crippen LogP contribution in [0.5, 0.6) is 5.75 Å². The van der Waals surface area contributed by atoms with Crippen molar-refractivity contribution in [3.63, 3.8) is 0 Å². The molecular formula is C22H31NO. The van der Waals surface area contributed by atoms with E-state index < -0.39 is 0 Å². The zero-order valence-electron chi connectivity index (χ0n) is 15.3. The van der Waals surface area contributed by atoms with Gasteiger partial charge in [0, 0.05) is 17.5 Å². The molecule has 24 heavy (non-hydrogen) atoms. The smallest absolute Gasteiger partial charge is 0.119 e. The van der Waals surface area contributed by atoms with Crippen molar-refractivity contribution in [3.05, 3.63) is 65.2 Å². The standard InChI is InChI=1S/C22H31NO/c1-4-5-9-18-12-13-22(24)21(16-18)20(14-15-23-17(2)3)19-10-7-6-8-11-19/h6-8,10-13,16-17,20,23-24H,4-5,9,14-15H2,1-3H3. The van der Waals surface area contributed by atoms with E-state index in [2.05, 4.69) is 62.5 Å².